The summed E-state index contributed by atoms with van der Waals surface area (Å²) in [6, 6.07) is 25.1. The van der Waals surface area contributed by atoms with E-state index in [2.05, 4.69) is 55.6 Å². The van der Waals surface area contributed by atoms with Gasteiger partial charge >= 0.3 is 12.0 Å². The van der Waals surface area contributed by atoms with Gasteiger partial charge in [-0.15, -0.1) is 10.2 Å². The number of fused-ring (bicyclic) bond motifs is 1. The van der Waals surface area contributed by atoms with Gasteiger partial charge in [-0.25, -0.2) is 14.6 Å². The monoisotopic (exact) mass is 772 g/mol. The van der Waals surface area contributed by atoms with Gasteiger partial charge in [0.25, 0.3) is 0 Å². The lowest BCUT2D eigenvalue weighted by molar-refractivity contribution is 0.00473. The van der Waals surface area contributed by atoms with Crippen LogP contribution in [0.4, 0.5) is 16.6 Å². The molecule has 3 aromatic heterocycles. The largest absolute Gasteiger partial charge is 0.478 e. The zero-order valence-corrected chi connectivity index (χ0v) is 31.3. The van der Waals surface area contributed by atoms with Crippen LogP contribution in [0.15, 0.2) is 91.3 Å². The lowest BCUT2D eigenvalue weighted by Crippen LogP contribution is -2.43. The lowest BCUT2D eigenvalue weighted by Gasteiger charge is -2.22. The molecule has 1 aliphatic heterocycles. The quantitative estimate of drug-likeness (QED) is 0.0994. The Morgan fingerprint density at radius 2 is 1.61 bits per heavy atom. The number of aryl methyl sites for hydroxylation is 1. The standard InChI is InChI=1S/C40H44N12O5/c1-2-32-47-49-52(48-32)31-19-30(34(53)35(31)54)51-23-43-33-36(41-21-29(25-9-5-3-6-10-25)26-11-7-4-8-12-26)45-39(46-37(33)51)50-18-17-28(22-50)44-40(57)42-20-24-13-15-27(16-14-24)38(55)56/h3-16,23,28-31,34-35,53-54H,2,17-22H2,1H3,(H,55,56)(H,41,45,46)(H2,42,44,57). The normalized spacial score (nSPS) is 20.6. The summed E-state index contributed by atoms with van der Waals surface area (Å²) in [5.74, 6) is 0.484. The first-order chi connectivity index (χ1) is 27.7. The van der Waals surface area contributed by atoms with Gasteiger partial charge in [-0.2, -0.15) is 14.8 Å². The van der Waals surface area contributed by atoms with E-state index in [0.29, 0.717) is 67.7 Å². The minimum Gasteiger partial charge on any atom is -0.478 e. The van der Waals surface area contributed by atoms with Crippen molar-refractivity contribution in [2.75, 3.05) is 29.9 Å². The van der Waals surface area contributed by atoms with Crippen LogP contribution < -0.4 is 20.9 Å². The van der Waals surface area contributed by atoms with Crippen LogP contribution >= 0.6 is 0 Å². The number of aromatic carboxylic acids is 1. The predicted molar refractivity (Wildman–Crippen MR) is 210 cm³/mol. The maximum Gasteiger partial charge on any atom is 0.335 e. The van der Waals surface area contributed by atoms with Crippen molar-refractivity contribution in [1.82, 2.24) is 50.4 Å². The number of carboxylic acids is 1. The Bertz CT molecular complexity index is 2280. The molecule has 57 heavy (non-hydrogen) atoms. The highest BCUT2D eigenvalue weighted by Crippen LogP contribution is 2.40. The molecule has 2 amide bonds. The summed E-state index contributed by atoms with van der Waals surface area (Å²) in [5.41, 5.74) is 4.23. The van der Waals surface area contributed by atoms with Crippen LogP contribution in [0, 0.1) is 0 Å². The minimum atomic E-state index is -1.16. The van der Waals surface area contributed by atoms with Gasteiger partial charge in [-0.3, -0.25) is 0 Å². The average Bonchev–Trinajstić information content (AvgIpc) is 4.05. The molecule has 6 aromatic rings. The molecule has 17 heteroatoms. The van der Waals surface area contributed by atoms with Crippen molar-refractivity contribution in [3.8, 4) is 0 Å². The summed E-state index contributed by atoms with van der Waals surface area (Å²) in [7, 11) is 0. The number of amides is 2. The SMILES string of the molecule is CCc1nnn(C2CC(n3cnc4c(NCC(c5ccccc5)c5ccccc5)nc(N5CCC(NC(=O)NCc6ccc(C(=O)O)cc6)C5)nc43)C(O)C2O)n1. The number of tetrazole rings is 1. The van der Waals surface area contributed by atoms with Crippen LogP contribution in [-0.2, 0) is 13.0 Å². The second-order valence-corrected chi connectivity index (χ2v) is 14.4. The number of carbonyl (C=O) groups excluding carboxylic acids is 1. The molecule has 6 N–H and O–H groups in total. The Kier molecular flexibility index (Phi) is 10.7. The van der Waals surface area contributed by atoms with Gasteiger partial charge in [-0.1, -0.05) is 79.7 Å². The Hall–Kier alpha value is -6.46. The summed E-state index contributed by atoms with van der Waals surface area (Å²) in [4.78, 5) is 42.3. The number of urea groups is 1. The van der Waals surface area contributed by atoms with Crippen molar-refractivity contribution in [3.05, 3.63) is 119 Å². The van der Waals surface area contributed by atoms with Crippen LogP contribution in [0.25, 0.3) is 11.2 Å². The fourth-order valence-electron chi connectivity index (χ4n) is 7.68. The van der Waals surface area contributed by atoms with E-state index in [-0.39, 0.29) is 30.1 Å². The Labute approximate surface area is 327 Å². The Morgan fingerprint density at radius 1 is 0.912 bits per heavy atom. The molecule has 5 unspecified atom stereocenters. The number of nitrogens with zero attached hydrogens (tertiary/aromatic N) is 9. The first-order valence-corrected chi connectivity index (χ1v) is 19.1. The molecular formula is C40H44N12O5. The number of aliphatic hydroxyl groups is 2. The highest BCUT2D eigenvalue weighted by atomic mass is 16.4. The number of aliphatic hydroxyl groups excluding tert-OH is 2. The van der Waals surface area contributed by atoms with E-state index in [1.165, 1.54) is 16.9 Å². The number of benzene rings is 3. The fourth-order valence-corrected chi connectivity index (χ4v) is 7.68. The number of carbonyl (C=O) groups is 2. The highest BCUT2D eigenvalue weighted by Gasteiger charge is 2.45. The molecule has 2 fully saturated rings. The minimum absolute atomic E-state index is 0.00677. The molecule has 0 bridgehead atoms. The van der Waals surface area contributed by atoms with E-state index in [9.17, 15) is 19.8 Å². The fraction of sp³-hybridized carbons (Fsp3) is 0.350. The third-order valence-corrected chi connectivity index (χ3v) is 10.8. The van der Waals surface area contributed by atoms with Crippen molar-refractivity contribution in [2.24, 2.45) is 0 Å². The van der Waals surface area contributed by atoms with Crippen molar-refractivity contribution >= 4 is 34.9 Å². The number of anilines is 2. The molecule has 2 aliphatic rings. The maximum atomic E-state index is 12.9. The number of hydrogen-bond donors (Lipinski definition) is 6. The van der Waals surface area contributed by atoms with Crippen molar-refractivity contribution in [3.63, 3.8) is 0 Å². The number of aromatic nitrogens is 8. The summed E-state index contributed by atoms with van der Waals surface area (Å²) >= 11 is 0. The van der Waals surface area contributed by atoms with Crippen molar-refractivity contribution < 1.29 is 24.9 Å². The molecule has 1 saturated heterocycles. The van der Waals surface area contributed by atoms with Crippen LogP contribution in [-0.4, -0.2) is 105 Å². The third kappa shape index (κ3) is 7.97. The van der Waals surface area contributed by atoms with E-state index >= 15 is 0 Å². The number of rotatable bonds is 13. The van der Waals surface area contributed by atoms with Crippen LogP contribution in [0.3, 0.4) is 0 Å². The lowest BCUT2D eigenvalue weighted by atomic mass is 9.91. The molecule has 5 atom stereocenters. The number of hydrogen-bond acceptors (Lipinski definition) is 12. The van der Waals surface area contributed by atoms with E-state index in [1.807, 2.05) is 48.2 Å². The summed E-state index contributed by atoms with van der Waals surface area (Å²) < 4.78 is 1.80. The zero-order chi connectivity index (χ0) is 39.5. The Balaban J connectivity index is 1.05. The first-order valence-electron chi connectivity index (χ1n) is 19.1. The van der Waals surface area contributed by atoms with Gasteiger partial charge in [0.2, 0.25) is 5.95 Å². The first kappa shape index (κ1) is 37.5. The summed E-state index contributed by atoms with van der Waals surface area (Å²) in [6.07, 6.45) is 0.871. The molecule has 1 saturated carbocycles. The van der Waals surface area contributed by atoms with Gasteiger partial charge in [0.15, 0.2) is 22.8 Å². The number of nitrogens with one attached hydrogen (secondary N) is 3. The molecule has 0 spiro atoms. The van der Waals surface area contributed by atoms with Gasteiger partial charge in [-0.05, 0) is 46.9 Å². The molecule has 3 aromatic carbocycles. The van der Waals surface area contributed by atoms with E-state index in [1.54, 1.807) is 23.0 Å². The second kappa shape index (κ2) is 16.3. The van der Waals surface area contributed by atoms with Gasteiger partial charge in [0, 0.05) is 44.6 Å². The molecule has 4 heterocycles. The Morgan fingerprint density at radius 3 is 2.28 bits per heavy atom. The maximum absolute atomic E-state index is 12.9. The number of imidazole rings is 1. The molecule has 1 aliphatic carbocycles. The van der Waals surface area contributed by atoms with Gasteiger partial charge < -0.3 is 40.7 Å². The van der Waals surface area contributed by atoms with E-state index in [0.717, 1.165) is 16.7 Å². The van der Waals surface area contributed by atoms with Crippen molar-refractivity contribution in [1.29, 1.82) is 0 Å². The van der Waals surface area contributed by atoms with E-state index < -0.39 is 30.3 Å². The highest BCUT2D eigenvalue weighted by molar-refractivity contribution is 5.87. The topological polar surface area (TPSA) is 221 Å². The van der Waals surface area contributed by atoms with Crippen molar-refractivity contribution in [2.45, 2.75) is 69.0 Å². The van der Waals surface area contributed by atoms with Crippen LogP contribution in [0.5, 0.6) is 0 Å². The van der Waals surface area contributed by atoms with Crippen LogP contribution in [0.1, 0.15) is 70.6 Å². The second-order valence-electron chi connectivity index (χ2n) is 14.4. The molecule has 17 nitrogen and oxygen atoms in total. The summed E-state index contributed by atoms with van der Waals surface area (Å²) in [6.45, 7) is 3.68. The summed E-state index contributed by atoms with van der Waals surface area (Å²) in [5, 5.41) is 53.9. The van der Waals surface area contributed by atoms with E-state index in [4.69, 9.17) is 20.1 Å². The van der Waals surface area contributed by atoms with Gasteiger partial charge in [0.1, 0.15) is 18.2 Å². The molecule has 8 rings (SSSR count). The third-order valence-electron chi connectivity index (χ3n) is 10.8. The smallest absolute Gasteiger partial charge is 0.335 e. The zero-order valence-electron chi connectivity index (χ0n) is 31.3. The average molecular weight is 773 g/mol. The molecule has 0 radical (unpaired) electrons. The van der Waals surface area contributed by atoms with Crippen LogP contribution in [0.2, 0.25) is 0 Å². The molecular weight excluding hydrogens is 729 g/mol. The number of carboxylic acid groups (broad SMARTS) is 1. The van der Waals surface area contributed by atoms with Gasteiger partial charge in [0.05, 0.1) is 17.9 Å². The predicted octanol–water partition coefficient (Wildman–Crippen LogP) is 3.30. The molecule has 294 valence electrons.